The zero-order valence-electron chi connectivity index (χ0n) is 8.93. The first-order valence-corrected chi connectivity index (χ1v) is 5.49. The molecule has 82 valence electrons. The topological polar surface area (TPSA) is 69.6 Å². The van der Waals surface area contributed by atoms with Gasteiger partial charge in [0.1, 0.15) is 12.7 Å². The van der Waals surface area contributed by atoms with E-state index in [1.807, 2.05) is 4.57 Å². The van der Waals surface area contributed by atoms with Crippen LogP contribution >= 0.6 is 0 Å². The van der Waals surface area contributed by atoms with E-state index in [0.29, 0.717) is 11.3 Å². The van der Waals surface area contributed by atoms with Gasteiger partial charge < -0.3 is 5.73 Å². The van der Waals surface area contributed by atoms with Crippen LogP contribution in [0.5, 0.6) is 0 Å². The van der Waals surface area contributed by atoms with Crippen LogP contribution in [-0.2, 0) is 0 Å². The summed E-state index contributed by atoms with van der Waals surface area (Å²) in [5.74, 6) is 0.445. The van der Waals surface area contributed by atoms with E-state index in [0.717, 1.165) is 18.5 Å². The molecule has 0 atom stereocenters. The van der Waals surface area contributed by atoms with Crippen molar-refractivity contribution in [3.05, 3.63) is 18.7 Å². The standard InChI is InChI=1S/C11H13N5/c12-10-9-11(14-6-13-10)16(7-15-9)8-4-2-1-3-5-8/h4,6-7H,1-3,5H2,(H2,12,13,14). The minimum Gasteiger partial charge on any atom is -0.382 e. The molecule has 0 aliphatic heterocycles. The molecule has 0 spiro atoms. The number of imidazole rings is 1. The summed E-state index contributed by atoms with van der Waals surface area (Å²) in [6.45, 7) is 0. The monoisotopic (exact) mass is 215 g/mol. The number of anilines is 1. The lowest BCUT2D eigenvalue weighted by Gasteiger charge is -2.13. The van der Waals surface area contributed by atoms with E-state index in [1.165, 1.54) is 24.9 Å². The third-order valence-corrected chi connectivity index (χ3v) is 2.94. The number of hydrogen-bond donors (Lipinski definition) is 1. The van der Waals surface area contributed by atoms with Crippen molar-refractivity contribution < 1.29 is 0 Å². The molecule has 5 nitrogen and oxygen atoms in total. The maximum absolute atomic E-state index is 5.75. The molecule has 2 N–H and O–H groups in total. The van der Waals surface area contributed by atoms with Gasteiger partial charge in [0.2, 0.25) is 0 Å². The highest BCUT2D eigenvalue weighted by Gasteiger charge is 2.12. The molecule has 0 fully saturated rings. The molecule has 3 rings (SSSR count). The Morgan fingerprint density at radius 2 is 2.12 bits per heavy atom. The number of allylic oxidation sites excluding steroid dienone is 2. The first-order valence-electron chi connectivity index (χ1n) is 5.49. The number of nitrogens with zero attached hydrogens (tertiary/aromatic N) is 4. The van der Waals surface area contributed by atoms with Crippen molar-refractivity contribution in [1.82, 2.24) is 19.5 Å². The van der Waals surface area contributed by atoms with Crippen molar-refractivity contribution in [2.24, 2.45) is 0 Å². The number of hydrogen-bond acceptors (Lipinski definition) is 4. The van der Waals surface area contributed by atoms with Gasteiger partial charge in [-0.25, -0.2) is 15.0 Å². The Hall–Kier alpha value is -1.91. The normalized spacial score (nSPS) is 16.4. The Morgan fingerprint density at radius 1 is 1.19 bits per heavy atom. The maximum atomic E-state index is 5.75. The molecule has 1 aliphatic rings. The maximum Gasteiger partial charge on any atom is 0.169 e. The van der Waals surface area contributed by atoms with Crippen LogP contribution in [0.1, 0.15) is 25.7 Å². The van der Waals surface area contributed by atoms with Gasteiger partial charge in [-0.3, -0.25) is 4.57 Å². The summed E-state index contributed by atoms with van der Waals surface area (Å²) < 4.78 is 2.02. The predicted octanol–water partition coefficient (Wildman–Crippen LogP) is 1.82. The molecule has 1 aliphatic carbocycles. The number of fused-ring (bicyclic) bond motifs is 1. The van der Waals surface area contributed by atoms with Gasteiger partial charge in [-0.15, -0.1) is 0 Å². The van der Waals surface area contributed by atoms with Crippen LogP contribution < -0.4 is 5.73 Å². The van der Waals surface area contributed by atoms with Crippen LogP contribution in [0.4, 0.5) is 5.82 Å². The van der Waals surface area contributed by atoms with E-state index in [1.54, 1.807) is 6.33 Å². The van der Waals surface area contributed by atoms with Crippen molar-refractivity contribution in [1.29, 1.82) is 0 Å². The fourth-order valence-corrected chi connectivity index (χ4v) is 2.10. The molecule has 2 aromatic rings. The zero-order chi connectivity index (χ0) is 11.0. The minimum atomic E-state index is 0.445. The highest BCUT2D eigenvalue weighted by Crippen LogP contribution is 2.25. The van der Waals surface area contributed by atoms with Crippen molar-refractivity contribution in [3.8, 4) is 0 Å². The predicted molar refractivity (Wildman–Crippen MR) is 62.5 cm³/mol. The lowest BCUT2D eigenvalue weighted by Crippen LogP contribution is -2.01. The summed E-state index contributed by atoms with van der Waals surface area (Å²) in [6.07, 6.45) is 10.2. The second kappa shape index (κ2) is 3.59. The van der Waals surface area contributed by atoms with E-state index in [9.17, 15) is 0 Å². The Balaban J connectivity index is 2.17. The van der Waals surface area contributed by atoms with E-state index in [2.05, 4.69) is 21.0 Å². The first-order chi connectivity index (χ1) is 7.86. The minimum absolute atomic E-state index is 0.445. The molecule has 0 saturated carbocycles. The van der Waals surface area contributed by atoms with Crippen LogP contribution in [-0.4, -0.2) is 19.5 Å². The Bertz CT molecular complexity index is 555. The number of rotatable bonds is 1. The third-order valence-electron chi connectivity index (χ3n) is 2.94. The van der Waals surface area contributed by atoms with Crippen LogP contribution in [0.3, 0.4) is 0 Å². The largest absolute Gasteiger partial charge is 0.382 e. The average Bonchev–Trinajstić information content (AvgIpc) is 2.75. The molecule has 0 radical (unpaired) electrons. The molecule has 0 saturated heterocycles. The highest BCUT2D eigenvalue weighted by atomic mass is 15.1. The molecule has 5 heteroatoms. The number of nitrogen functional groups attached to an aromatic ring is 1. The van der Waals surface area contributed by atoms with Crippen LogP contribution in [0.25, 0.3) is 16.9 Å². The third kappa shape index (κ3) is 1.36. The van der Waals surface area contributed by atoms with Crippen molar-refractivity contribution in [2.75, 3.05) is 5.73 Å². The van der Waals surface area contributed by atoms with Gasteiger partial charge in [-0.1, -0.05) is 6.08 Å². The quantitative estimate of drug-likeness (QED) is 0.787. The number of nitrogens with two attached hydrogens (primary N) is 1. The van der Waals surface area contributed by atoms with Crippen molar-refractivity contribution >= 4 is 22.7 Å². The van der Waals surface area contributed by atoms with Crippen molar-refractivity contribution in [3.63, 3.8) is 0 Å². The summed E-state index contributed by atoms with van der Waals surface area (Å²) in [7, 11) is 0. The SMILES string of the molecule is Nc1ncnc2c1ncn2C1=CCCCC1. The highest BCUT2D eigenvalue weighted by molar-refractivity contribution is 5.83. The summed E-state index contributed by atoms with van der Waals surface area (Å²) in [6, 6.07) is 0. The number of aromatic nitrogens is 4. The summed E-state index contributed by atoms with van der Waals surface area (Å²) in [4.78, 5) is 12.4. The smallest absolute Gasteiger partial charge is 0.169 e. The molecule has 16 heavy (non-hydrogen) atoms. The molecule has 0 bridgehead atoms. The van der Waals surface area contributed by atoms with Crippen LogP contribution in [0, 0.1) is 0 Å². The summed E-state index contributed by atoms with van der Waals surface area (Å²) in [5, 5.41) is 0. The Kier molecular flexibility index (Phi) is 2.09. The van der Waals surface area contributed by atoms with Gasteiger partial charge in [-0.05, 0) is 25.7 Å². The molecule has 0 aromatic carbocycles. The molecule has 2 aromatic heterocycles. The summed E-state index contributed by atoms with van der Waals surface area (Å²) >= 11 is 0. The first kappa shape index (κ1) is 9.33. The Morgan fingerprint density at radius 3 is 2.94 bits per heavy atom. The lowest BCUT2D eigenvalue weighted by atomic mass is 10.0. The van der Waals surface area contributed by atoms with Gasteiger partial charge in [0, 0.05) is 5.70 Å². The van der Waals surface area contributed by atoms with Gasteiger partial charge in [0.25, 0.3) is 0 Å². The van der Waals surface area contributed by atoms with E-state index in [4.69, 9.17) is 5.73 Å². The summed E-state index contributed by atoms with van der Waals surface area (Å²) in [5.41, 5.74) is 8.52. The van der Waals surface area contributed by atoms with E-state index < -0.39 is 0 Å². The molecule has 0 unspecified atom stereocenters. The van der Waals surface area contributed by atoms with Gasteiger partial charge >= 0.3 is 0 Å². The van der Waals surface area contributed by atoms with Gasteiger partial charge in [-0.2, -0.15) is 0 Å². The molecular weight excluding hydrogens is 202 g/mol. The van der Waals surface area contributed by atoms with E-state index >= 15 is 0 Å². The van der Waals surface area contributed by atoms with Crippen LogP contribution in [0.15, 0.2) is 18.7 Å². The van der Waals surface area contributed by atoms with Gasteiger partial charge in [0.15, 0.2) is 17.0 Å². The second-order valence-electron chi connectivity index (χ2n) is 3.99. The Labute approximate surface area is 93.0 Å². The van der Waals surface area contributed by atoms with Crippen LogP contribution in [0.2, 0.25) is 0 Å². The zero-order valence-corrected chi connectivity index (χ0v) is 8.93. The molecule has 0 amide bonds. The fourth-order valence-electron chi connectivity index (χ4n) is 2.10. The second-order valence-corrected chi connectivity index (χ2v) is 3.99. The fraction of sp³-hybridized carbons (Fsp3) is 0.364. The molecular formula is C11H13N5. The van der Waals surface area contributed by atoms with Gasteiger partial charge in [0.05, 0.1) is 0 Å². The van der Waals surface area contributed by atoms with E-state index in [-0.39, 0.29) is 0 Å². The van der Waals surface area contributed by atoms with Crippen molar-refractivity contribution in [2.45, 2.75) is 25.7 Å². The molecule has 2 heterocycles. The average molecular weight is 215 g/mol. The lowest BCUT2D eigenvalue weighted by molar-refractivity contribution is 0.719.